The highest BCUT2D eigenvalue weighted by molar-refractivity contribution is 9.10. The van der Waals surface area contributed by atoms with Gasteiger partial charge in [0, 0.05) is 23.0 Å². The van der Waals surface area contributed by atoms with Crippen molar-refractivity contribution in [2.45, 2.75) is 6.42 Å². The predicted molar refractivity (Wildman–Crippen MR) is 109 cm³/mol. The minimum absolute atomic E-state index is 0.0172. The molecule has 3 rings (SSSR count). The van der Waals surface area contributed by atoms with Crippen LogP contribution >= 0.6 is 15.9 Å². The number of benzene rings is 3. The van der Waals surface area contributed by atoms with Crippen molar-refractivity contribution in [1.29, 1.82) is 0 Å². The van der Waals surface area contributed by atoms with Gasteiger partial charge in [-0.2, -0.15) is 0 Å². The Morgan fingerprint density at radius 2 is 1.57 bits per heavy atom. The van der Waals surface area contributed by atoms with Crippen LogP contribution in [0.15, 0.2) is 88.5 Å². The summed E-state index contributed by atoms with van der Waals surface area (Å²) in [5.41, 5.74) is 2.55. The van der Waals surface area contributed by atoms with Gasteiger partial charge in [0.25, 0.3) is 5.69 Å². The molecular weight excluding hydrogens is 424 g/mol. The summed E-state index contributed by atoms with van der Waals surface area (Å²) in [7, 11) is 0. The molecule has 0 radical (unpaired) electrons. The van der Waals surface area contributed by atoms with E-state index in [4.69, 9.17) is 4.84 Å². The number of halogens is 1. The van der Waals surface area contributed by atoms with Crippen LogP contribution in [-0.4, -0.2) is 16.6 Å². The van der Waals surface area contributed by atoms with Gasteiger partial charge >= 0.3 is 5.97 Å². The molecule has 0 spiro atoms. The molecular formula is C21H15BrN2O4. The van der Waals surface area contributed by atoms with Crippen molar-refractivity contribution in [2.75, 3.05) is 0 Å². The van der Waals surface area contributed by atoms with Crippen molar-refractivity contribution >= 4 is 33.3 Å². The Morgan fingerprint density at radius 1 is 0.929 bits per heavy atom. The lowest BCUT2D eigenvalue weighted by atomic mass is 10.0. The van der Waals surface area contributed by atoms with Crippen LogP contribution in [0.3, 0.4) is 0 Å². The van der Waals surface area contributed by atoms with Crippen LogP contribution in [0.4, 0.5) is 5.69 Å². The summed E-state index contributed by atoms with van der Waals surface area (Å²) in [4.78, 5) is 27.8. The fourth-order valence-corrected chi connectivity index (χ4v) is 2.75. The van der Waals surface area contributed by atoms with Gasteiger partial charge in [0.15, 0.2) is 0 Å². The Labute approximate surface area is 169 Å². The molecule has 0 atom stereocenters. The molecule has 0 unspecified atom stereocenters. The Hall–Kier alpha value is -3.32. The molecule has 0 N–H and O–H groups in total. The van der Waals surface area contributed by atoms with Gasteiger partial charge in [0.05, 0.1) is 16.2 Å². The summed E-state index contributed by atoms with van der Waals surface area (Å²) < 4.78 is 0.857. The van der Waals surface area contributed by atoms with E-state index in [1.165, 1.54) is 12.1 Å². The highest BCUT2D eigenvalue weighted by Gasteiger charge is 2.11. The lowest BCUT2D eigenvalue weighted by Crippen LogP contribution is -2.09. The molecule has 28 heavy (non-hydrogen) atoms. The monoisotopic (exact) mass is 438 g/mol. The van der Waals surface area contributed by atoms with E-state index in [0.717, 1.165) is 15.6 Å². The van der Waals surface area contributed by atoms with Gasteiger partial charge in [-0.25, -0.2) is 4.79 Å². The number of nitro benzene ring substituents is 1. The van der Waals surface area contributed by atoms with E-state index in [2.05, 4.69) is 21.1 Å². The molecule has 0 fully saturated rings. The number of non-ortho nitro benzene ring substituents is 1. The fourth-order valence-electron chi connectivity index (χ4n) is 2.48. The van der Waals surface area contributed by atoms with Crippen molar-refractivity contribution in [3.05, 3.63) is 110 Å². The lowest BCUT2D eigenvalue weighted by molar-refractivity contribution is -0.384. The van der Waals surface area contributed by atoms with Gasteiger partial charge in [-0.15, -0.1) is 0 Å². The second-order valence-electron chi connectivity index (χ2n) is 5.89. The largest absolute Gasteiger partial charge is 0.365 e. The molecule has 0 aromatic heterocycles. The Morgan fingerprint density at radius 3 is 2.18 bits per heavy atom. The minimum Gasteiger partial charge on any atom is -0.313 e. The quantitative estimate of drug-likeness (QED) is 0.230. The Balaban J connectivity index is 1.82. The maximum atomic E-state index is 12.2. The number of oxime groups is 1. The summed E-state index contributed by atoms with van der Waals surface area (Å²) in [5.74, 6) is -0.565. The number of nitro groups is 1. The number of hydrogen-bond acceptors (Lipinski definition) is 5. The second-order valence-corrected chi connectivity index (χ2v) is 6.81. The topological polar surface area (TPSA) is 81.8 Å². The number of rotatable bonds is 6. The number of carbonyl (C=O) groups excluding carboxylic acids is 1. The summed E-state index contributed by atoms with van der Waals surface area (Å²) in [6.45, 7) is 0. The smallest absolute Gasteiger partial charge is 0.313 e. The van der Waals surface area contributed by atoms with Crippen molar-refractivity contribution in [1.82, 2.24) is 0 Å². The normalized spacial score (nSPS) is 11.1. The average molecular weight is 439 g/mol. The van der Waals surface area contributed by atoms with E-state index in [-0.39, 0.29) is 5.69 Å². The van der Waals surface area contributed by atoms with Crippen LogP contribution in [0.1, 0.15) is 21.5 Å². The van der Waals surface area contributed by atoms with Crippen LogP contribution in [0, 0.1) is 10.1 Å². The van der Waals surface area contributed by atoms with E-state index >= 15 is 0 Å². The van der Waals surface area contributed by atoms with Crippen molar-refractivity contribution in [3.63, 3.8) is 0 Å². The Kier molecular flexibility index (Phi) is 6.29. The molecule has 0 aliphatic rings. The fraction of sp³-hybridized carbons (Fsp3) is 0.0476. The summed E-state index contributed by atoms with van der Waals surface area (Å²) in [6, 6.07) is 22.3. The number of hydrogen-bond donors (Lipinski definition) is 0. The van der Waals surface area contributed by atoms with Crippen molar-refractivity contribution < 1.29 is 14.6 Å². The van der Waals surface area contributed by atoms with E-state index in [0.29, 0.717) is 17.7 Å². The first-order valence-corrected chi connectivity index (χ1v) is 9.15. The lowest BCUT2D eigenvalue weighted by Gasteiger charge is -2.07. The molecule has 3 aromatic rings. The van der Waals surface area contributed by atoms with Crippen LogP contribution < -0.4 is 0 Å². The van der Waals surface area contributed by atoms with Gasteiger partial charge in [-0.1, -0.05) is 63.6 Å². The second kappa shape index (κ2) is 9.05. The molecule has 140 valence electrons. The molecule has 0 saturated heterocycles. The first-order chi connectivity index (χ1) is 13.5. The van der Waals surface area contributed by atoms with Gasteiger partial charge in [-0.3, -0.25) is 10.1 Å². The molecule has 0 heterocycles. The highest BCUT2D eigenvalue weighted by atomic mass is 79.9. The summed E-state index contributed by atoms with van der Waals surface area (Å²) in [5, 5.41) is 14.9. The third-order valence-electron chi connectivity index (χ3n) is 3.94. The third kappa shape index (κ3) is 5.11. The van der Waals surface area contributed by atoms with Crippen molar-refractivity contribution in [2.24, 2.45) is 5.16 Å². The molecule has 6 nitrogen and oxygen atoms in total. The molecule has 0 aliphatic carbocycles. The SMILES string of the molecule is O=C(O/N=C(\Cc1ccc([N+](=O)[O-])cc1)c1ccccc1)c1ccc(Br)cc1. The molecule has 0 aliphatic heterocycles. The van der Waals surface area contributed by atoms with E-state index in [1.807, 2.05) is 30.3 Å². The van der Waals surface area contributed by atoms with Gasteiger partial charge < -0.3 is 4.84 Å². The predicted octanol–water partition coefficient (Wildman–Crippen LogP) is 5.16. The standard InChI is InChI=1S/C21H15BrN2O4/c22-18-10-8-17(9-11-18)21(25)28-23-20(16-4-2-1-3-5-16)14-15-6-12-19(13-7-15)24(26)27/h1-13H,14H2/b23-20+. The number of carbonyl (C=O) groups is 1. The third-order valence-corrected chi connectivity index (χ3v) is 4.47. The van der Waals surface area contributed by atoms with Gasteiger partial charge in [0.2, 0.25) is 0 Å². The summed E-state index contributed by atoms with van der Waals surface area (Å²) >= 11 is 3.32. The maximum Gasteiger partial charge on any atom is 0.365 e. The van der Waals surface area contributed by atoms with E-state index < -0.39 is 10.9 Å². The minimum atomic E-state index is -0.565. The molecule has 7 heteroatoms. The molecule has 0 amide bonds. The van der Waals surface area contributed by atoms with Gasteiger partial charge in [-0.05, 0) is 35.4 Å². The van der Waals surface area contributed by atoms with Crippen LogP contribution in [0.5, 0.6) is 0 Å². The van der Waals surface area contributed by atoms with Gasteiger partial charge in [0.1, 0.15) is 0 Å². The number of nitrogens with zero attached hydrogens (tertiary/aromatic N) is 2. The van der Waals surface area contributed by atoms with E-state index in [1.54, 1.807) is 36.4 Å². The van der Waals surface area contributed by atoms with Crippen LogP contribution in [0.25, 0.3) is 0 Å². The first-order valence-electron chi connectivity index (χ1n) is 8.35. The van der Waals surface area contributed by atoms with Crippen molar-refractivity contribution in [3.8, 4) is 0 Å². The first kappa shape index (κ1) is 19.4. The van der Waals surface area contributed by atoms with Crippen LogP contribution in [-0.2, 0) is 11.3 Å². The Bertz CT molecular complexity index is 1000. The molecule has 0 saturated carbocycles. The van der Waals surface area contributed by atoms with E-state index in [9.17, 15) is 14.9 Å². The highest BCUT2D eigenvalue weighted by Crippen LogP contribution is 2.16. The zero-order chi connectivity index (χ0) is 19.9. The average Bonchev–Trinajstić information content (AvgIpc) is 2.72. The molecule has 0 bridgehead atoms. The van der Waals surface area contributed by atoms with Crippen LogP contribution in [0.2, 0.25) is 0 Å². The summed E-state index contributed by atoms with van der Waals surface area (Å²) in [6.07, 6.45) is 0.357. The zero-order valence-electron chi connectivity index (χ0n) is 14.6. The maximum absolute atomic E-state index is 12.2. The molecule has 3 aromatic carbocycles. The zero-order valence-corrected chi connectivity index (χ0v) is 16.2.